The molecule has 3 aromatic rings. The van der Waals surface area contributed by atoms with Gasteiger partial charge in [0.15, 0.2) is 0 Å². The van der Waals surface area contributed by atoms with Crippen molar-refractivity contribution in [2.24, 2.45) is 0 Å². The predicted octanol–water partition coefficient (Wildman–Crippen LogP) is 4.03. The van der Waals surface area contributed by atoms with Crippen LogP contribution in [0.15, 0.2) is 48.9 Å². The summed E-state index contributed by atoms with van der Waals surface area (Å²) in [5.41, 5.74) is 2.66. The Morgan fingerprint density at radius 2 is 2.04 bits per heavy atom. The molecule has 3 heterocycles. The number of nitrogens with one attached hydrogen (secondary N) is 2. The Labute approximate surface area is 155 Å². The van der Waals surface area contributed by atoms with Crippen LogP contribution in [0.3, 0.4) is 0 Å². The Hall–Kier alpha value is -2.73. The van der Waals surface area contributed by atoms with Gasteiger partial charge < -0.3 is 10.6 Å². The number of nitrogens with zero attached hydrogens (tertiary/aromatic N) is 3. The minimum Gasteiger partial charge on any atom is -0.369 e. The number of halogens is 2. The van der Waals surface area contributed by atoms with E-state index in [0.717, 1.165) is 23.5 Å². The number of pyridine rings is 1. The Balaban J connectivity index is 1.42. The number of fused-ring (bicyclic) bond motifs is 1. The van der Waals surface area contributed by atoms with Gasteiger partial charge in [-0.2, -0.15) is 4.39 Å². The summed E-state index contributed by atoms with van der Waals surface area (Å²) in [5, 5.41) is 7.05. The molecular formula is C19H17ClFN5. The van der Waals surface area contributed by atoms with E-state index in [-0.39, 0.29) is 5.92 Å². The molecule has 0 bridgehead atoms. The largest absolute Gasteiger partial charge is 0.369 e. The lowest BCUT2D eigenvalue weighted by molar-refractivity contribution is 0.558. The molecule has 1 aliphatic rings. The molecule has 0 aliphatic carbocycles. The lowest BCUT2D eigenvalue weighted by Gasteiger charge is -2.11. The lowest BCUT2D eigenvalue weighted by atomic mass is 9.96. The second-order valence-electron chi connectivity index (χ2n) is 6.24. The molecule has 1 unspecified atom stereocenters. The van der Waals surface area contributed by atoms with Crippen LogP contribution < -0.4 is 10.6 Å². The zero-order chi connectivity index (χ0) is 17.9. The molecule has 0 spiro atoms. The second-order valence-corrected chi connectivity index (χ2v) is 6.67. The summed E-state index contributed by atoms with van der Waals surface area (Å²) in [6.45, 7) is 1.28. The highest BCUT2D eigenvalue weighted by Crippen LogP contribution is 2.31. The quantitative estimate of drug-likeness (QED) is 0.665. The summed E-state index contributed by atoms with van der Waals surface area (Å²) in [6.07, 6.45) is 3.86. The maximum Gasteiger partial charge on any atom is 0.218 e. The van der Waals surface area contributed by atoms with Gasteiger partial charge in [-0.25, -0.2) is 15.0 Å². The molecule has 26 heavy (non-hydrogen) atoms. The molecule has 1 aromatic carbocycles. The third-order valence-electron chi connectivity index (χ3n) is 4.48. The minimum atomic E-state index is -0.448. The Morgan fingerprint density at radius 1 is 1.19 bits per heavy atom. The van der Waals surface area contributed by atoms with E-state index in [1.807, 2.05) is 24.3 Å². The molecule has 1 atom stereocenters. The molecular weight excluding hydrogens is 353 g/mol. The predicted molar refractivity (Wildman–Crippen MR) is 99.9 cm³/mol. The van der Waals surface area contributed by atoms with Crippen LogP contribution >= 0.6 is 11.6 Å². The summed E-state index contributed by atoms with van der Waals surface area (Å²) < 4.78 is 14.4. The number of aromatic nitrogens is 3. The van der Waals surface area contributed by atoms with Crippen molar-refractivity contribution in [3.63, 3.8) is 0 Å². The molecule has 2 aromatic heterocycles. The van der Waals surface area contributed by atoms with Crippen LogP contribution in [0.2, 0.25) is 5.02 Å². The first-order valence-electron chi connectivity index (χ1n) is 8.36. The lowest BCUT2D eigenvalue weighted by Crippen LogP contribution is -2.09. The highest BCUT2D eigenvalue weighted by Gasteiger charge is 2.24. The van der Waals surface area contributed by atoms with Gasteiger partial charge in [0.25, 0.3) is 0 Å². The Kier molecular flexibility index (Phi) is 4.67. The first kappa shape index (κ1) is 16.7. The van der Waals surface area contributed by atoms with Crippen LogP contribution in [-0.2, 0) is 13.0 Å². The minimum absolute atomic E-state index is 0.148. The van der Waals surface area contributed by atoms with Crippen LogP contribution in [0.25, 0.3) is 0 Å². The van der Waals surface area contributed by atoms with E-state index >= 15 is 0 Å². The molecule has 7 heteroatoms. The Morgan fingerprint density at radius 3 is 2.85 bits per heavy atom. The van der Waals surface area contributed by atoms with E-state index in [9.17, 15) is 4.39 Å². The van der Waals surface area contributed by atoms with Crippen molar-refractivity contribution in [1.82, 2.24) is 15.0 Å². The third-order valence-corrected chi connectivity index (χ3v) is 4.73. The summed E-state index contributed by atoms with van der Waals surface area (Å²) in [4.78, 5) is 12.3. The molecule has 0 saturated carbocycles. The van der Waals surface area contributed by atoms with E-state index in [0.29, 0.717) is 29.4 Å². The standard InChI is InChI=1S/C19H17ClFN5/c20-15-4-1-12(2-5-15)8-23-17-6-3-13(18(21)26-17)7-14-9-24-19-16(14)10-22-11-25-19/h1-6,10-11,14H,7-9H2,(H,23,26)(H,22,24,25). The van der Waals surface area contributed by atoms with E-state index in [1.165, 1.54) is 6.33 Å². The highest BCUT2D eigenvalue weighted by atomic mass is 35.5. The van der Waals surface area contributed by atoms with Gasteiger partial charge in [0.2, 0.25) is 5.95 Å². The maximum atomic E-state index is 14.4. The van der Waals surface area contributed by atoms with Gasteiger partial charge in [0.05, 0.1) is 0 Å². The van der Waals surface area contributed by atoms with Crippen molar-refractivity contribution in [3.8, 4) is 0 Å². The summed E-state index contributed by atoms with van der Waals surface area (Å²) in [5.74, 6) is 1.04. The average Bonchev–Trinajstić information content (AvgIpc) is 3.06. The molecule has 0 radical (unpaired) electrons. The van der Waals surface area contributed by atoms with E-state index in [2.05, 4.69) is 25.6 Å². The van der Waals surface area contributed by atoms with Crippen molar-refractivity contribution in [2.75, 3.05) is 17.2 Å². The van der Waals surface area contributed by atoms with Crippen molar-refractivity contribution in [2.45, 2.75) is 18.9 Å². The molecule has 0 amide bonds. The third kappa shape index (κ3) is 3.60. The van der Waals surface area contributed by atoms with Crippen molar-refractivity contribution >= 4 is 23.2 Å². The number of hydrogen-bond donors (Lipinski definition) is 2. The van der Waals surface area contributed by atoms with E-state index < -0.39 is 5.95 Å². The van der Waals surface area contributed by atoms with Crippen LogP contribution in [0, 0.1) is 5.95 Å². The molecule has 0 saturated heterocycles. The molecule has 4 rings (SSSR count). The number of anilines is 2. The Bertz CT molecular complexity index is 916. The van der Waals surface area contributed by atoms with Gasteiger partial charge >= 0.3 is 0 Å². The van der Waals surface area contributed by atoms with Crippen molar-refractivity contribution in [3.05, 3.63) is 76.6 Å². The van der Waals surface area contributed by atoms with Crippen molar-refractivity contribution < 1.29 is 4.39 Å². The second kappa shape index (κ2) is 7.25. The normalized spacial score (nSPS) is 15.4. The van der Waals surface area contributed by atoms with Gasteiger partial charge in [0.1, 0.15) is 18.0 Å². The highest BCUT2D eigenvalue weighted by molar-refractivity contribution is 6.30. The topological polar surface area (TPSA) is 62.7 Å². The molecule has 5 nitrogen and oxygen atoms in total. The zero-order valence-electron chi connectivity index (χ0n) is 13.9. The van der Waals surface area contributed by atoms with Gasteiger partial charge in [-0.15, -0.1) is 0 Å². The molecule has 132 valence electrons. The van der Waals surface area contributed by atoms with Gasteiger partial charge in [-0.05, 0) is 30.2 Å². The first-order chi connectivity index (χ1) is 12.7. The van der Waals surface area contributed by atoms with Crippen molar-refractivity contribution in [1.29, 1.82) is 0 Å². The fraction of sp³-hybridized carbons (Fsp3) is 0.211. The fourth-order valence-corrected chi connectivity index (χ4v) is 3.20. The number of benzene rings is 1. The molecule has 2 N–H and O–H groups in total. The van der Waals surface area contributed by atoms with Crippen LogP contribution in [0.4, 0.5) is 16.0 Å². The van der Waals surface area contributed by atoms with Gasteiger partial charge in [-0.1, -0.05) is 29.8 Å². The SMILES string of the molecule is Fc1nc(NCc2ccc(Cl)cc2)ccc1CC1CNc2ncncc21. The first-order valence-corrected chi connectivity index (χ1v) is 8.74. The maximum absolute atomic E-state index is 14.4. The molecule has 0 fully saturated rings. The summed E-state index contributed by atoms with van der Waals surface area (Å²) in [7, 11) is 0. The van der Waals surface area contributed by atoms with Crippen LogP contribution in [0.1, 0.15) is 22.6 Å². The van der Waals surface area contributed by atoms with Gasteiger partial charge in [-0.3, -0.25) is 0 Å². The molecule has 1 aliphatic heterocycles. The fourth-order valence-electron chi connectivity index (χ4n) is 3.07. The smallest absolute Gasteiger partial charge is 0.218 e. The van der Waals surface area contributed by atoms with E-state index in [1.54, 1.807) is 18.3 Å². The van der Waals surface area contributed by atoms with Crippen LogP contribution in [0.5, 0.6) is 0 Å². The summed E-state index contributed by atoms with van der Waals surface area (Å²) in [6, 6.07) is 11.1. The summed E-state index contributed by atoms with van der Waals surface area (Å²) >= 11 is 5.87. The monoisotopic (exact) mass is 369 g/mol. The number of rotatable bonds is 5. The van der Waals surface area contributed by atoms with E-state index in [4.69, 9.17) is 11.6 Å². The van der Waals surface area contributed by atoms with Gasteiger partial charge in [0, 0.05) is 41.4 Å². The van der Waals surface area contributed by atoms with Crippen LogP contribution in [-0.4, -0.2) is 21.5 Å². The average molecular weight is 370 g/mol. The zero-order valence-corrected chi connectivity index (χ0v) is 14.7. The number of hydrogen-bond acceptors (Lipinski definition) is 5.